The monoisotopic (exact) mass is 398 g/mol. The minimum atomic E-state index is -0.939. The molecule has 28 heavy (non-hydrogen) atoms. The average molecular weight is 398 g/mol. The fourth-order valence-corrected chi connectivity index (χ4v) is 4.02. The normalized spacial score (nSPS) is 12.2. The van der Waals surface area contributed by atoms with E-state index in [0.29, 0.717) is 15.8 Å². The molecule has 0 N–H and O–H groups in total. The summed E-state index contributed by atoms with van der Waals surface area (Å²) in [4.78, 5) is 43.6. The smallest absolute Gasteiger partial charge is 0.326 e. The zero-order chi connectivity index (χ0) is 20.6. The minimum Gasteiger partial charge on any atom is -0.453 e. The third-order valence-electron chi connectivity index (χ3n) is 4.79. The van der Waals surface area contributed by atoms with Crippen molar-refractivity contribution in [3.8, 4) is 0 Å². The van der Waals surface area contributed by atoms with Crippen LogP contribution in [0.4, 0.5) is 0 Å². The number of fused-ring (bicyclic) bond motifs is 1. The summed E-state index contributed by atoms with van der Waals surface area (Å²) in [6.45, 7) is 8.79. The lowest BCUT2D eigenvalue weighted by atomic mass is 9.99. The molecule has 0 saturated carbocycles. The molecule has 0 aliphatic carbocycles. The van der Waals surface area contributed by atoms with Gasteiger partial charge in [0.15, 0.2) is 6.10 Å². The predicted molar refractivity (Wildman–Crippen MR) is 109 cm³/mol. The first-order chi connectivity index (χ1) is 13.2. The van der Waals surface area contributed by atoms with Crippen LogP contribution in [0.3, 0.4) is 0 Å². The number of Topliss-reactive ketones (excluding diaryl/α,β-unsaturated/α-hetero) is 1. The standard InChI is InChI=1S/C21H22N2O4S/c1-11-6-7-12(2)16(8-11)19(25)14(4)27-17(24)9-23-10-22-20-18(21(23)26)13(3)15(5)28-20/h6-8,10,14H,9H2,1-5H3/t14-/m0/s1. The number of ketones is 1. The highest BCUT2D eigenvalue weighted by molar-refractivity contribution is 7.18. The van der Waals surface area contributed by atoms with E-state index in [1.807, 2.05) is 39.8 Å². The number of carbonyl (C=O) groups is 2. The number of ether oxygens (including phenoxy) is 1. The van der Waals surface area contributed by atoms with Crippen LogP contribution in [0.25, 0.3) is 10.2 Å². The Hall–Kier alpha value is -2.80. The molecule has 0 radical (unpaired) electrons. The predicted octanol–water partition coefficient (Wildman–Crippen LogP) is 3.51. The number of rotatable bonds is 5. The summed E-state index contributed by atoms with van der Waals surface area (Å²) >= 11 is 1.45. The van der Waals surface area contributed by atoms with Crippen molar-refractivity contribution in [2.24, 2.45) is 0 Å². The van der Waals surface area contributed by atoms with Gasteiger partial charge in [-0.25, -0.2) is 4.98 Å². The van der Waals surface area contributed by atoms with Crippen molar-refractivity contribution in [2.75, 3.05) is 0 Å². The number of aryl methyl sites for hydroxylation is 4. The number of carbonyl (C=O) groups excluding carboxylic acids is 2. The minimum absolute atomic E-state index is 0.264. The van der Waals surface area contributed by atoms with Crippen LogP contribution in [-0.4, -0.2) is 27.4 Å². The maximum absolute atomic E-state index is 12.7. The summed E-state index contributed by atoms with van der Waals surface area (Å²) in [6.07, 6.45) is 0.406. The van der Waals surface area contributed by atoms with E-state index in [9.17, 15) is 14.4 Å². The van der Waals surface area contributed by atoms with Crippen molar-refractivity contribution in [2.45, 2.75) is 47.3 Å². The van der Waals surface area contributed by atoms with Crippen molar-refractivity contribution in [1.82, 2.24) is 9.55 Å². The van der Waals surface area contributed by atoms with E-state index < -0.39 is 12.1 Å². The van der Waals surface area contributed by atoms with Gasteiger partial charge in [-0.2, -0.15) is 0 Å². The Labute approximate surface area is 166 Å². The van der Waals surface area contributed by atoms with Crippen LogP contribution in [0.1, 0.15) is 38.8 Å². The highest BCUT2D eigenvalue weighted by Crippen LogP contribution is 2.25. The number of aromatic nitrogens is 2. The van der Waals surface area contributed by atoms with Crippen LogP contribution < -0.4 is 5.56 Å². The van der Waals surface area contributed by atoms with Crippen LogP contribution in [0.15, 0.2) is 29.3 Å². The van der Waals surface area contributed by atoms with Crippen molar-refractivity contribution in [1.29, 1.82) is 0 Å². The molecule has 0 bridgehead atoms. The van der Waals surface area contributed by atoms with Gasteiger partial charge in [-0.15, -0.1) is 11.3 Å². The lowest BCUT2D eigenvalue weighted by Crippen LogP contribution is -2.30. The van der Waals surface area contributed by atoms with Gasteiger partial charge < -0.3 is 4.74 Å². The van der Waals surface area contributed by atoms with E-state index >= 15 is 0 Å². The molecule has 3 aromatic rings. The van der Waals surface area contributed by atoms with E-state index in [2.05, 4.69) is 4.98 Å². The Balaban J connectivity index is 1.77. The first kappa shape index (κ1) is 19.9. The molecule has 0 aliphatic heterocycles. The molecule has 0 aliphatic rings. The number of thiophene rings is 1. The second-order valence-corrected chi connectivity index (χ2v) is 8.16. The summed E-state index contributed by atoms with van der Waals surface area (Å²) < 4.78 is 6.52. The van der Waals surface area contributed by atoms with Gasteiger partial charge >= 0.3 is 5.97 Å². The molecule has 0 unspecified atom stereocenters. The Morgan fingerprint density at radius 3 is 2.64 bits per heavy atom. The van der Waals surface area contributed by atoms with Crippen LogP contribution in [-0.2, 0) is 16.1 Å². The average Bonchev–Trinajstić information content (AvgIpc) is 2.93. The maximum Gasteiger partial charge on any atom is 0.326 e. The van der Waals surface area contributed by atoms with Crippen molar-refractivity contribution >= 4 is 33.3 Å². The highest BCUT2D eigenvalue weighted by Gasteiger charge is 2.22. The lowest BCUT2D eigenvalue weighted by Gasteiger charge is -2.14. The third-order valence-corrected chi connectivity index (χ3v) is 5.91. The third kappa shape index (κ3) is 3.75. The molecule has 0 fully saturated rings. The Bertz CT molecular complexity index is 1140. The lowest BCUT2D eigenvalue weighted by molar-refractivity contribution is -0.147. The second kappa shape index (κ2) is 7.67. The summed E-state index contributed by atoms with van der Waals surface area (Å²) in [5, 5.41) is 0.525. The molecular formula is C21H22N2O4S. The molecule has 146 valence electrons. The first-order valence-corrected chi connectivity index (χ1v) is 9.76. The maximum atomic E-state index is 12.7. The van der Waals surface area contributed by atoms with Crippen LogP contribution >= 0.6 is 11.3 Å². The fourth-order valence-electron chi connectivity index (χ4n) is 3.03. The summed E-state index contributed by atoms with van der Waals surface area (Å²) in [5.74, 6) is -0.918. The van der Waals surface area contributed by atoms with Gasteiger partial charge in [0, 0.05) is 10.4 Å². The van der Waals surface area contributed by atoms with Crippen molar-refractivity contribution in [3.63, 3.8) is 0 Å². The van der Waals surface area contributed by atoms with E-state index in [-0.39, 0.29) is 17.9 Å². The number of hydrogen-bond donors (Lipinski definition) is 0. The van der Waals surface area contributed by atoms with E-state index in [4.69, 9.17) is 4.74 Å². The molecule has 3 rings (SSSR count). The van der Waals surface area contributed by atoms with Crippen LogP contribution in [0.2, 0.25) is 0 Å². The molecule has 7 heteroatoms. The quantitative estimate of drug-likeness (QED) is 0.485. The second-order valence-electron chi connectivity index (χ2n) is 6.96. The van der Waals surface area contributed by atoms with E-state index in [1.165, 1.54) is 22.2 Å². The highest BCUT2D eigenvalue weighted by atomic mass is 32.1. The SMILES string of the molecule is Cc1ccc(C)c(C(=O)[C@H](C)OC(=O)Cn2cnc3sc(C)c(C)c3c2=O)c1. The van der Waals surface area contributed by atoms with Gasteiger partial charge in [-0.1, -0.05) is 17.7 Å². The number of benzene rings is 1. The number of esters is 1. The molecule has 0 spiro atoms. The van der Waals surface area contributed by atoms with Gasteiger partial charge in [0.25, 0.3) is 5.56 Å². The Kier molecular flexibility index (Phi) is 5.47. The summed E-state index contributed by atoms with van der Waals surface area (Å²) in [5.41, 5.74) is 2.91. The molecule has 0 amide bonds. The van der Waals surface area contributed by atoms with Gasteiger partial charge in [-0.3, -0.25) is 19.0 Å². The number of hydrogen-bond acceptors (Lipinski definition) is 6. The topological polar surface area (TPSA) is 78.3 Å². The molecule has 1 atom stereocenters. The van der Waals surface area contributed by atoms with Crippen molar-refractivity contribution in [3.05, 3.63) is 62.0 Å². The first-order valence-electron chi connectivity index (χ1n) is 8.95. The Morgan fingerprint density at radius 1 is 1.21 bits per heavy atom. The van der Waals surface area contributed by atoms with Crippen molar-refractivity contribution < 1.29 is 14.3 Å². The fraction of sp³-hybridized carbons (Fsp3) is 0.333. The number of nitrogens with zero attached hydrogens (tertiary/aromatic N) is 2. The Morgan fingerprint density at radius 2 is 1.93 bits per heavy atom. The molecule has 2 heterocycles. The van der Waals surface area contributed by atoms with Crippen LogP contribution in [0.5, 0.6) is 0 Å². The summed E-state index contributed by atoms with van der Waals surface area (Å²) in [6, 6.07) is 5.57. The molecule has 1 aromatic carbocycles. The molecule has 6 nitrogen and oxygen atoms in total. The largest absolute Gasteiger partial charge is 0.453 e. The zero-order valence-corrected chi connectivity index (χ0v) is 17.3. The van der Waals surface area contributed by atoms with Gasteiger partial charge in [0.2, 0.25) is 5.78 Å². The van der Waals surface area contributed by atoms with Gasteiger partial charge in [-0.05, 0) is 51.8 Å². The van der Waals surface area contributed by atoms with Gasteiger partial charge in [0.1, 0.15) is 11.4 Å². The molecule has 2 aromatic heterocycles. The summed E-state index contributed by atoms with van der Waals surface area (Å²) in [7, 11) is 0. The van der Waals surface area contributed by atoms with E-state index in [0.717, 1.165) is 21.6 Å². The molecule has 0 saturated heterocycles. The van der Waals surface area contributed by atoms with Gasteiger partial charge in [0.05, 0.1) is 11.7 Å². The van der Waals surface area contributed by atoms with E-state index in [1.54, 1.807) is 13.0 Å². The zero-order valence-electron chi connectivity index (χ0n) is 16.5. The van der Waals surface area contributed by atoms with Crippen LogP contribution in [0, 0.1) is 27.7 Å². The molecular weight excluding hydrogens is 376 g/mol.